The van der Waals surface area contributed by atoms with Gasteiger partial charge >= 0.3 is 0 Å². The highest BCUT2D eigenvalue weighted by Gasteiger charge is 2.19. The van der Waals surface area contributed by atoms with Gasteiger partial charge in [-0.2, -0.15) is 5.26 Å². The molecule has 0 unspecified atom stereocenters. The number of rotatable bonds is 7. The fourth-order valence-corrected chi connectivity index (χ4v) is 5.19. The lowest BCUT2D eigenvalue weighted by Gasteiger charge is -2.30. The van der Waals surface area contributed by atoms with Crippen molar-refractivity contribution in [2.24, 2.45) is 5.92 Å². The van der Waals surface area contributed by atoms with Crippen LogP contribution < -0.4 is 10.3 Å². The van der Waals surface area contributed by atoms with Gasteiger partial charge < -0.3 is 9.64 Å². The maximum absolute atomic E-state index is 15.0. The van der Waals surface area contributed by atoms with Crippen molar-refractivity contribution in [3.63, 3.8) is 0 Å². The minimum Gasteiger partial charge on any atom is -0.490 e. The number of halogens is 1. The van der Waals surface area contributed by atoms with E-state index in [9.17, 15) is 14.4 Å². The van der Waals surface area contributed by atoms with Gasteiger partial charge in [0.25, 0.3) is 5.56 Å². The van der Waals surface area contributed by atoms with E-state index < -0.39 is 5.82 Å². The molecule has 2 aromatic carbocycles. The van der Waals surface area contributed by atoms with Gasteiger partial charge in [0, 0.05) is 23.4 Å². The first-order chi connectivity index (χ1) is 19.5. The van der Waals surface area contributed by atoms with Gasteiger partial charge in [0.2, 0.25) is 5.78 Å². The molecule has 6 rings (SSSR count). The van der Waals surface area contributed by atoms with Crippen molar-refractivity contribution in [2.45, 2.75) is 26.3 Å². The lowest BCUT2D eigenvalue weighted by Crippen LogP contribution is -2.35. The number of likely N-dealkylation sites (tertiary alicyclic amines) is 1. The minimum atomic E-state index is -0.449. The van der Waals surface area contributed by atoms with E-state index in [0.29, 0.717) is 57.6 Å². The number of hydrogen-bond acceptors (Lipinski definition) is 7. The second-order valence-corrected chi connectivity index (χ2v) is 10.1. The van der Waals surface area contributed by atoms with Crippen molar-refractivity contribution in [1.82, 2.24) is 28.8 Å². The minimum absolute atomic E-state index is 0.0324. The Labute approximate surface area is 230 Å². The van der Waals surface area contributed by atoms with Gasteiger partial charge in [0.15, 0.2) is 11.6 Å². The van der Waals surface area contributed by atoms with E-state index in [-0.39, 0.29) is 12.1 Å². The molecule has 5 aromatic rings. The Kier molecular flexibility index (Phi) is 6.97. The molecule has 1 aliphatic heterocycles. The largest absolute Gasteiger partial charge is 0.490 e. The normalized spacial score (nSPS) is 14.5. The molecule has 0 atom stereocenters. The van der Waals surface area contributed by atoms with Crippen LogP contribution in [0, 0.1) is 23.1 Å². The van der Waals surface area contributed by atoms with Gasteiger partial charge in [-0.15, -0.1) is 0 Å². The molecule has 1 fully saturated rings. The summed E-state index contributed by atoms with van der Waals surface area (Å²) < 4.78 is 24.0. The van der Waals surface area contributed by atoms with E-state index in [1.165, 1.54) is 16.7 Å². The van der Waals surface area contributed by atoms with Crippen LogP contribution in [0.2, 0.25) is 0 Å². The van der Waals surface area contributed by atoms with E-state index >= 15 is 0 Å². The van der Waals surface area contributed by atoms with Crippen LogP contribution in [-0.4, -0.2) is 55.1 Å². The van der Waals surface area contributed by atoms with Gasteiger partial charge in [-0.1, -0.05) is 6.92 Å². The summed E-state index contributed by atoms with van der Waals surface area (Å²) in [4.78, 5) is 28.8. The summed E-state index contributed by atoms with van der Waals surface area (Å²) in [5.74, 6) is 1.48. The summed E-state index contributed by atoms with van der Waals surface area (Å²) in [5.41, 5.74) is 2.43. The standard InChI is InChI=1S/C30H28FN7O2/c1-2-36-10-7-20(8-11-36)19-40-24-16-33-29(34-17-24)22-4-5-25(31)23(14-22)18-38-28(39)9-12-37-27-13-21(15-32)3-6-26(27)35-30(37)38/h3-6,9,12-14,16-17,20H,2,7-8,10-11,18-19H2,1H3. The quantitative estimate of drug-likeness (QED) is 0.306. The molecule has 0 bridgehead atoms. The lowest BCUT2D eigenvalue weighted by molar-refractivity contribution is 0.145. The molecular formula is C30H28FN7O2. The predicted molar refractivity (Wildman–Crippen MR) is 149 cm³/mol. The maximum Gasteiger partial charge on any atom is 0.255 e. The number of ether oxygens (including phenoxy) is 1. The summed E-state index contributed by atoms with van der Waals surface area (Å²) in [6, 6.07) is 13.3. The molecule has 3 aromatic heterocycles. The van der Waals surface area contributed by atoms with Crippen LogP contribution in [0.1, 0.15) is 30.9 Å². The van der Waals surface area contributed by atoms with Crippen LogP contribution >= 0.6 is 0 Å². The summed E-state index contributed by atoms with van der Waals surface area (Å²) in [6.45, 7) is 6.09. The number of hydrogen-bond donors (Lipinski definition) is 0. The first-order valence-electron chi connectivity index (χ1n) is 13.4. The van der Waals surface area contributed by atoms with Crippen molar-refractivity contribution in [1.29, 1.82) is 5.26 Å². The zero-order valence-electron chi connectivity index (χ0n) is 22.1. The molecule has 40 heavy (non-hydrogen) atoms. The average Bonchev–Trinajstić information content (AvgIpc) is 3.37. The first kappa shape index (κ1) is 25.6. The number of piperidine rings is 1. The Hall–Kier alpha value is -4.62. The third-order valence-corrected chi connectivity index (χ3v) is 7.57. The highest BCUT2D eigenvalue weighted by atomic mass is 19.1. The molecular weight excluding hydrogens is 509 g/mol. The smallest absolute Gasteiger partial charge is 0.255 e. The Morgan fingerprint density at radius 3 is 2.65 bits per heavy atom. The van der Waals surface area contributed by atoms with Gasteiger partial charge in [0.05, 0.1) is 48.2 Å². The molecule has 0 aliphatic carbocycles. The monoisotopic (exact) mass is 537 g/mol. The molecule has 0 amide bonds. The fourth-order valence-electron chi connectivity index (χ4n) is 5.19. The summed E-state index contributed by atoms with van der Waals surface area (Å²) in [6.07, 6.45) is 7.14. The Bertz CT molecular complexity index is 1780. The van der Waals surface area contributed by atoms with Gasteiger partial charge in [-0.05, 0) is 74.8 Å². The van der Waals surface area contributed by atoms with Crippen LogP contribution in [0.25, 0.3) is 28.2 Å². The molecule has 1 saturated heterocycles. The molecule has 1 aliphatic rings. The highest BCUT2D eigenvalue weighted by molar-refractivity contribution is 5.81. The number of benzene rings is 2. The Balaban J connectivity index is 1.22. The molecule has 4 heterocycles. The molecule has 0 N–H and O–H groups in total. The Morgan fingerprint density at radius 1 is 1.10 bits per heavy atom. The van der Waals surface area contributed by atoms with E-state index in [0.717, 1.165) is 32.5 Å². The zero-order valence-corrected chi connectivity index (χ0v) is 22.1. The van der Waals surface area contributed by atoms with Crippen LogP contribution in [0.3, 0.4) is 0 Å². The number of nitriles is 1. The second-order valence-electron chi connectivity index (χ2n) is 10.1. The third kappa shape index (κ3) is 5.03. The second kappa shape index (κ2) is 10.9. The lowest BCUT2D eigenvalue weighted by atomic mass is 9.98. The molecule has 10 heteroatoms. The van der Waals surface area contributed by atoms with Crippen molar-refractivity contribution < 1.29 is 9.13 Å². The number of aromatic nitrogens is 5. The Morgan fingerprint density at radius 2 is 1.90 bits per heavy atom. The molecule has 202 valence electrons. The maximum atomic E-state index is 15.0. The highest BCUT2D eigenvalue weighted by Crippen LogP contribution is 2.23. The van der Waals surface area contributed by atoms with Crippen LogP contribution in [0.5, 0.6) is 5.75 Å². The fraction of sp³-hybridized carbons (Fsp3) is 0.300. The average molecular weight is 538 g/mol. The third-order valence-electron chi connectivity index (χ3n) is 7.57. The van der Waals surface area contributed by atoms with Crippen molar-refractivity contribution >= 4 is 16.8 Å². The number of fused-ring (bicyclic) bond motifs is 3. The van der Waals surface area contributed by atoms with Crippen molar-refractivity contribution in [3.8, 4) is 23.2 Å². The topological polar surface area (TPSA) is 101 Å². The van der Waals surface area contributed by atoms with Crippen molar-refractivity contribution in [2.75, 3.05) is 26.2 Å². The summed E-state index contributed by atoms with van der Waals surface area (Å²) in [7, 11) is 0. The molecule has 0 saturated carbocycles. The first-order valence-corrected chi connectivity index (χ1v) is 13.4. The van der Waals surface area contributed by atoms with Crippen LogP contribution in [-0.2, 0) is 6.54 Å². The van der Waals surface area contributed by atoms with E-state index in [1.807, 2.05) is 0 Å². The van der Waals surface area contributed by atoms with Crippen molar-refractivity contribution in [3.05, 3.63) is 88.4 Å². The molecule has 0 radical (unpaired) electrons. The number of imidazole rings is 1. The van der Waals surface area contributed by atoms with E-state index in [2.05, 4.69) is 32.8 Å². The number of nitrogens with zero attached hydrogens (tertiary/aromatic N) is 7. The molecule has 0 spiro atoms. The summed E-state index contributed by atoms with van der Waals surface area (Å²) >= 11 is 0. The van der Waals surface area contributed by atoms with Gasteiger partial charge in [0.1, 0.15) is 5.82 Å². The molecule has 9 nitrogen and oxygen atoms in total. The van der Waals surface area contributed by atoms with Gasteiger partial charge in [-0.3, -0.25) is 13.8 Å². The summed E-state index contributed by atoms with van der Waals surface area (Å²) in [5, 5.41) is 9.27. The predicted octanol–water partition coefficient (Wildman–Crippen LogP) is 4.28. The van der Waals surface area contributed by atoms with E-state index in [1.54, 1.807) is 53.3 Å². The van der Waals surface area contributed by atoms with Gasteiger partial charge in [-0.25, -0.2) is 19.3 Å². The SMILES string of the molecule is CCN1CCC(COc2cnc(-c3ccc(F)c(Cn4c(=O)ccn5c6cc(C#N)ccc6nc45)c3)nc2)CC1. The zero-order chi connectivity index (χ0) is 27.6. The van der Waals surface area contributed by atoms with Crippen LogP contribution in [0.4, 0.5) is 4.39 Å². The van der Waals surface area contributed by atoms with Crippen LogP contribution in [0.15, 0.2) is 65.8 Å². The van der Waals surface area contributed by atoms with E-state index in [4.69, 9.17) is 4.74 Å².